The van der Waals surface area contributed by atoms with Crippen LogP contribution in [0.2, 0.25) is 0 Å². The molecule has 0 spiro atoms. The lowest BCUT2D eigenvalue weighted by atomic mass is 10.2. The second-order valence-electron chi connectivity index (χ2n) is 4.02. The molecular weight excluding hydrogens is 236 g/mol. The Kier molecular flexibility index (Phi) is 2.59. The molecule has 1 aliphatic rings. The maximum absolute atomic E-state index is 4.76. The van der Waals surface area contributed by atoms with Gasteiger partial charge in [0.2, 0.25) is 0 Å². The molecule has 5 nitrogen and oxygen atoms in total. The maximum Gasteiger partial charge on any atom is 0.158 e. The van der Waals surface area contributed by atoms with E-state index in [1.807, 2.05) is 18.2 Å². The van der Waals surface area contributed by atoms with Crippen LogP contribution in [0, 0.1) is 0 Å². The Morgan fingerprint density at radius 1 is 1.47 bits per heavy atom. The molecule has 0 bridgehead atoms. The fourth-order valence-corrected chi connectivity index (χ4v) is 2.34. The van der Waals surface area contributed by atoms with Crippen LogP contribution in [-0.4, -0.2) is 34.6 Å². The van der Waals surface area contributed by atoms with Crippen LogP contribution >= 0.6 is 12.2 Å². The summed E-state index contributed by atoms with van der Waals surface area (Å²) in [6.45, 7) is 1.78. The summed E-state index contributed by atoms with van der Waals surface area (Å²) < 4.78 is 4.76. The molecule has 1 fully saturated rings. The minimum Gasteiger partial charge on any atom is -0.367 e. The van der Waals surface area contributed by atoms with Crippen molar-refractivity contribution in [2.24, 2.45) is 4.99 Å². The van der Waals surface area contributed by atoms with E-state index in [9.17, 15) is 0 Å². The molecule has 0 amide bonds. The Bertz CT molecular complexity index is 590. The molecule has 1 aromatic heterocycles. The van der Waals surface area contributed by atoms with Crippen molar-refractivity contribution in [3.05, 3.63) is 18.2 Å². The largest absolute Gasteiger partial charge is 0.367 e. The summed E-state index contributed by atoms with van der Waals surface area (Å²) in [6.07, 6.45) is 0.991. The second kappa shape index (κ2) is 4.24. The molecule has 1 saturated heterocycles. The van der Waals surface area contributed by atoms with Crippen LogP contribution in [0.1, 0.15) is 6.42 Å². The molecule has 1 unspecified atom stereocenters. The van der Waals surface area contributed by atoms with E-state index in [0.717, 1.165) is 36.2 Å². The molecular formula is C11H10N4OS. The first kappa shape index (κ1) is 10.4. The Morgan fingerprint density at radius 3 is 3.29 bits per heavy atom. The van der Waals surface area contributed by atoms with Gasteiger partial charge in [0, 0.05) is 13.1 Å². The summed E-state index contributed by atoms with van der Waals surface area (Å²) in [4.78, 5) is 6.36. The lowest BCUT2D eigenvalue weighted by Gasteiger charge is -2.17. The summed E-state index contributed by atoms with van der Waals surface area (Å²) in [5.74, 6) is 0. The van der Waals surface area contributed by atoms with E-state index >= 15 is 0 Å². The Morgan fingerprint density at radius 2 is 2.41 bits per heavy atom. The quantitative estimate of drug-likeness (QED) is 0.598. The summed E-state index contributed by atoms with van der Waals surface area (Å²) in [5.41, 5.74) is 2.63. The third-order valence-electron chi connectivity index (χ3n) is 3.00. The number of aromatic nitrogens is 2. The zero-order chi connectivity index (χ0) is 11.7. The first-order valence-corrected chi connectivity index (χ1v) is 5.82. The van der Waals surface area contributed by atoms with E-state index in [4.69, 9.17) is 4.63 Å². The lowest BCUT2D eigenvalue weighted by molar-refractivity contribution is 0.315. The van der Waals surface area contributed by atoms with Gasteiger partial charge in [0.1, 0.15) is 5.52 Å². The molecule has 1 atom stereocenters. The first-order chi connectivity index (χ1) is 8.38. The molecule has 0 saturated carbocycles. The number of aliphatic imine (C=N–C) groups is 1. The predicted molar refractivity (Wildman–Crippen MR) is 67.4 cm³/mol. The molecule has 0 radical (unpaired) electrons. The SMILES string of the molecule is S=C=NC1CCN(c2cccc3nonc23)C1. The van der Waals surface area contributed by atoms with Gasteiger partial charge in [-0.1, -0.05) is 6.07 Å². The fraction of sp³-hybridized carbons (Fsp3) is 0.364. The van der Waals surface area contributed by atoms with Gasteiger partial charge in [-0.25, -0.2) is 9.62 Å². The molecule has 1 aliphatic heterocycles. The highest BCUT2D eigenvalue weighted by Crippen LogP contribution is 2.27. The van der Waals surface area contributed by atoms with Gasteiger partial charge in [0.15, 0.2) is 5.52 Å². The van der Waals surface area contributed by atoms with Crippen molar-refractivity contribution < 1.29 is 4.63 Å². The standard InChI is InChI=1S/C11H10N4OS/c17-7-12-8-4-5-15(6-8)10-3-1-2-9-11(10)14-16-13-9/h1-3,8H,4-6H2. The molecule has 86 valence electrons. The monoisotopic (exact) mass is 246 g/mol. The van der Waals surface area contributed by atoms with Gasteiger partial charge in [-0.2, -0.15) is 0 Å². The topological polar surface area (TPSA) is 54.5 Å². The van der Waals surface area contributed by atoms with E-state index in [-0.39, 0.29) is 6.04 Å². The molecule has 0 N–H and O–H groups in total. The van der Waals surface area contributed by atoms with Crippen LogP contribution in [0.25, 0.3) is 11.0 Å². The molecule has 0 aliphatic carbocycles. The number of hydrogen-bond donors (Lipinski definition) is 0. The second-order valence-corrected chi connectivity index (χ2v) is 4.20. The van der Waals surface area contributed by atoms with Crippen LogP contribution in [-0.2, 0) is 0 Å². The summed E-state index contributed by atoms with van der Waals surface area (Å²) >= 11 is 4.63. The third-order valence-corrected chi connectivity index (χ3v) is 3.11. The lowest BCUT2D eigenvalue weighted by Crippen LogP contribution is -2.20. The zero-order valence-corrected chi connectivity index (χ0v) is 9.85. The smallest absolute Gasteiger partial charge is 0.158 e. The van der Waals surface area contributed by atoms with E-state index in [1.165, 1.54) is 0 Å². The Balaban J connectivity index is 1.94. The molecule has 6 heteroatoms. The van der Waals surface area contributed by atoms with Crippen LogP contribution in [0.4, 0.5) is 5.69 Å². The summed E-state index contributed by atoms with van der Waals surface area (Å²) in [6, 6.07) is 6.11. The summed E-state index contributed by atoms with van der Waals surface area (Å²) in [7, 11) is 0. The highest BCUT2D eigenvalue weighted by Gasteiger charge is 2.24. The normalized spacial score (nSPS) is 19.5. The molecule has 3 rings (SSSR count). The van der Waals surface area contributed by atoms with Gasteiger partial charge >= 0.3 is 0 Å². The van der Waals surface area contributed by atoms with Gasteiger partial charge in [0.25, 0.3) is 0 Å². The van der Waals surface area contributed by atoms with Crippen molar-refractivity contribution in [1.82, 2.24) is 10.3 Å². The van der Waals surface area contributed by atoms with Crippen LogP contribution in [0.3, 0.4) is 0 Å². The van der Waals surface area contributed by atoms with Gasteiger partial charge in [-0.15, -0.1) is 0 Å². The molecule has 1 aromatic carbocycles. The number of thiocarbonyl (C=S) groups is 1. The number of fused-ring (bicyclic) bond motifs is 1. The molecule has 2 heterocycles. The highest BCUT2D eigenvalue weighted by atomic mass is 32.1. The fourth-order valence-electron chi connectivity index (χ4n) is 2.19. The van der Waals surface area contributed by atoms with Gasteiger partial charge in [-0.05, 0) is 41.1 Å². The highest BCUT2D eigenvalue weighted by molar-refractivity contribution is 7.78. The van der Waals surface area contributed by atoms with Crippen LogP contribution < -0.4 is 4.90 Å². The van der Waals surface area contributed by atoms with Gasteiger partial charge in [0.05, 0.1) is 16.9 Å². The first-order valence-electron chi connectivity index (χ1n) is 5.41. The van der Waals surface area contributed by atoms with Crippen molar-refractivity contribution in [1.29, 1.82) is 0 Å². The van der Waals surface area contributed by atoms with Crippen LogP contribution in [0.15, 0.2) is 27.8 Å². The summed E-state index contributed by atoms with van der Waals surface area (Å²) in [5, 5.41) is 10.2. The average molecular weight is 246 g/mol. The van der Waals surface area contributed by atoms with Crippen molar-refractivity contribution in [2.45, 2.75) is 12.5 Å². The van der Waals surface area contributed by atoms with Crippen molar-refractivity contribution in [3.8, 4) is 0 Å². The number of nitrogens with zero attached hydrogens (tertiary/aromatic N) is 4. The van der Waals surface area contributed by atoms with Crippen molar-refractivity contribution in [3.63, 3.8) is 0 Å². The number of rotatable bonds is 2. The molecule has 2 aromatic rings. The molecule has 17 heavy (non-hydrogen) atoms. The van der Waals surface area contributed by atoms with E-state index < -0.39 is 0 Å². The van der Waals surface area contributed by atoms with Crippen molar-refractivity contribution >= 4 is 34.1 Å². The van der Waals surface area contributed by atoms with Gasteiger partial charge < -0.3 is 4.90 Å². The third kappa shape index (κ3) is 1.81. The zero-order valence-electron chi connectivity index (χ0n) is 9.04. The predicted octanol–water partition coefficient (Wildman–Crippen LogP) is 1.90. The van der Waals surface area contributed by atoms with E-state index in [0.29, 0.717) is 0 Å². The number of anilines is 1. The minimum absolute atomic E-state index is 0.239. The Hall–Kier alpha value is -1.78. The van der Waals surface area contributed by atoms with E-state index in [1.54, 1.807) is 0 Å². The average Bonchev–Trinajstić information content (AvgIpc) is 2.96. The van der Waals surface area contributed by atoms with Crippen LogP contribution in [0.5, 0.6) is 0 Å². The van der Waals surface area contributed by atoms with Gasteiger partial charge in [-0.3, -0.25) is 0 Å². The minimum atomic E-state index is 0.239. The number of benzene rings is 1. The van der Waals surface area contributed by atoms with Crippen molar-refractivity contribution in [2.75, 3.05) is 18.0 Å². The number of isothiocyanates is 1. The number of hydrogen-bond acceptors (Lipinski definition) is 6. The van der Waals surface area contributed by atoms with E-state index in [2.05, 4.69) is 37.6 Å². The Labute approximate surface area is 103 Å². The maximum atomic E-state index is 4.76.